The van der Waals surface area contributed by atoms with Crippen molar-refractivity contribution in [1.29, 1.82) is 0 Å². The lowest BCUT2D eigenvalue weighted by Gasteiger charge is -2.17. The third kappa shape index (κ3) is 7.78. The van der Waals surface area contributed by atoms with Crippen molar-refractivity contribution in [3.05, 3.63) is 0 Å². The third-order valence-electron chi connectivity index (χ3n) is 1.58. The van der Waals surface area contributed by atoms with Crippen molar-refractivity contribution in [2.45, 2.75) is 20.8 Å². The number of carbonyl (C=O) groups is 2. The summed E-state index contributed by atoms with van der Waals surface area (Å²) in [6, 6.07) is 0. The molecule has 0 rings (SSSR count). The minimum Gasteiger partial charge on any atom is -0.464 e. The molecule has 0 aliphatic carbocycles. The predicted molar refractivity (Wildman–Crippen MR) is 55.4 cm³/mol. The summed E-state index contributed by atoms with van der Waals surface area (Å²) in [6.07, 6.45) is -0.393. The molecule has 0 atom stereocenters. The molecule has 0 unspecified atom stereocenters. The van der Waals surface area contributed by atoms with Gasteiger partial charge in [-0.25, -0.2) is 4.79 Å². The minimum absolute atomic E-state index is 0.197. The molecule has 0 N–H and O–H groups in total. The van der Waals surface area contributed by atoms with Crippen molar-refractivity contribution in [1.82, 2.24) is 4.90 Å². The smallest absolute Gasteiger partial charge is 0.409 e. The number of nitrogens with zero attached hydrogens (tertiary/aromatic N) is 1. The van der Waals surface area contributed by atoms with Gasteiger partial charge >= 0.3 is 12.1 Å². The third-order valence-corrected chi connectivity index (χ3v) is 1.58. The average molecular weight is 217 g/mol. The zero-order valence-electron chi connectivity index (χ0n) is 9.78. The fourth-order valence-electron chi connectivity index (χ4n) is 0.766. The molecule has 0 bridgehead atoms. The summed E-state index contributed by atoms with van der Waals surface area (Å²) in [7, 11) is 1.60. The van der Waals surface area contributed by atoms with Crippen molar-refractivity contribution in [3.8, 4) is 0 Å². The Bertz CT molecular complexity index is 215. The second-order valence-electron chi connectivity index (χ2n) is 3.73. The summed E-state index contributed by atoms with van der Waals surface area (Å²) >= 11 is 0. The van der Waals surface area contributed by atoms with Gasteiger partial charge < -0.3 is 14.4 Å². The highest BCUT2D eigenvalue weighted by molar-refractivity contribution is 5.67. The molecule has 0 saturated heterocycles. The lowest BCUT2D eigenvalue weighted by atomic mass is 10.2. The van der Waals surface area contributed by atoms with Crippen LogP contribution in [0.25, 0.3) is 0 Å². The molecule has 0 aromatic heterocycles. The summed E-state index contributed by atoms with van der Waals surface area (Å²) in [5.74, 6) is -0.0326. The van der Waals surface area contributed by atoms with Crippen LogP contribution in [0.4, 0.5) is 4.79 Å². The number of rotatable bonds is 5. The number of likely N-dealkylation sites (N-methyl/N-ethyl adjacent to an activating group) is 1. The summed E-state index contributed by atoms with van der Waals surface area (Å²) in [4.78, 5) is 23.1. The second kappa shape index (κ2) is 7.09. The van der Waals surface area contributed by atoms with Gasteiger partial charge in [-0.15, -0.1) is 0 Å². The Balaban J connectivity index is 3.64. The predicted octanol–water partition coefficient (Wildman–Crippen LogP) is 1.27. The van der Waals surface area contributed by atoms with Crippen LogP contribution in [-0.2, 0) is 14.3 Å². The monoisotopic (exact) mass is 217 g/mol. The molecular formula is C10H19NO4. The zero-order chi connectivity index (χ0) is 11.8. The molecule has 15 heavy (non-hydrogen) atoms. The van der Waals surface area contributed by atoms with Crippen LogP contribution in [0.2, 0.25) is 0 Å². The lowest BCUT2D eigenvalue weighted by Crippen LogP contribution is -2.31. The molecular weight excluding hydrogens is 198 g/mol. The van der Waals surface area contributed by atoms with E-state index < -0.39 is 6.09 Å². The maximum Gasteiger partial charge on any atom is 0.409 e. The lowest BCUT2D eigenvalue weighted by molar-refractivity contribution is -0.141. The number of ether oxygens (including phenoxy) is 2. The molecule has 0 saturated carbocycles. The van der Waals surface area contributed by atoms with Crippen molar-refractivity contribution in [2.75, 3.05) is 26.8 Å². The van der Waals surface area contributed by atoms with E-state index in [0.717, 1.165) is 0 Å². The fourth-order valence-corrected chi connectivity index (χ4v) is 0.766. The highest BCUT2D eigenvalue weighted by atomic mass is 16.6. The summed E-state index contributed by atoms with van der Waals surface area (Å²) in [6.45, 7) is 6.20. The van der Waals surface area contributed by atoms with Crippen LogP contribution in [0.1, 0.15) is 20.8 Å². The van der Waals surface area contributed by atoms with Crippen LogP contribution in [0.5, 0.6) is 0 Å². The van der Waals surface area contributed by atoms with Crippen molar-refractivity contribution < 1.29 is 19.1 Å². The van der Waals surface area contributed by atoms with Crippen molar-refractivity contribution >= 4 is 12.1 Å². The van der Waals surface area contributed by atoms with E-state index in [1.54, 1.807) is 7.05 Å². The number of hydrogen-bond acceptors (Lipinski definition) is 4. The molecule has 0 spiro atoms. The standard InChI is InChI=1S/C10H19NO4/c1-8(2)7-15-10(13)11(4)5-6-14-9(3)12/h8H,5-7H2,1-4H3. The molecule has 0 heterocycles. The highest BCUT2D eigenvalue weighted by Crippen LogP contribution is 1.96. The van der Waals surface area contributed by atoms with Gasteiger partial charge in [0.2, 0.25) is 0 Å². The van der Waals surface area contributed by atoms with Crippen LogP contribution in [0.15, 0.2) is 0 Å². The van der Waals surface area contributed by atoms with Gasteiger partial charge in [-0.2, -0.15) is 0 Å². The van der Waals surface area contributed by atoms with Crippen LogP contribution >= 0.6 is 0 Å². The number of hydrogen-bond donors (Lipinski definition) is 0. The zero-order valence-corrected chi connectivity index (χ0v) is 9.78. The molecule has 0 aromatic rings. The molecule has 0 fully saturated rings. The maximum absolute atomic E-state index is 11.3. The summed E-state index contributed by atoms with van der Waals surface area (Å²) in [5.41, 5.74) is 0. The van der Waals surface area contributed by atoms with E-state index in [4.69, 9.17) is 9.47 Å². The average Bonchev–Trinajstić information content (AvgIpc) is 2.13. The van der Waals surface area contributed by atoms with E-state index in [-0.39, 0.29) is 12.6 Å². The van der Waals surface area contributed by atoms with E-state index in [0.29, 0.717) is 19.1 Å². The van der Waals surface area contributed by atoms with Gasteiger partial charge in [0.25, 0.3) is 0 Å². The van der Waals surface area contributed by atoms with Gasteiger partial charge in [0.05, 0.1) is 13.2 Å². The summed E-state index contributed by atoms with van der Waals surface area (Å²) < 4.78 is 9.67. The first-order chi connectivity index (χ1) is 6.93. The fraction of sp³-hybridized carbons (Fsp3) is 0.800. The Morgan fingerprint density at radius 2 is 1.87 bits per heavy atom. The molecule has 5 heteroatoms. The first kappa shape index (κ1) is 13.7. The van der Waals surface area contributed by atoms with Gasteiger partial charge in [0.15, 0.2) is 0 Å². The summed E-state index contributed by atoms with van der Waals surface area (Å²) in [5, 5.41) is 0. The van der Waals surface area contributed by atoms with Gasteiger partial charge in [-0.05, 0) is 5.92 Å². The molecule has 88 valence electrons. The highest BCUT2D eigenvalue weighted by Gasteiger charge is 2.10. The van der Waals surface area contributed by atoms with Crippen LogP contribution in [0, 0.1) is 5.92 Å². The molecule has 0 aromatic carbocycles. The molecule has 5 nitrogen and oxygen atoms in total. The van der Waals surface area contributed by atoms with E-state index >= 15 is 0 Å². The van der Waals surface area contributed by atoms with Crippen molar-refractivity contribution in [3.63, 3.8) is 0 Å². The topological polar surface area (TPSA) is 55.8 Å². The second-order valence-corrected chi connectivity index (χ2v) is 3.73. The van der Waals surface area contributed by atoms with E-state index in [1.165, 1.54) is 11.8 Å². The Kier molecular flexibility index (Phi) is 6.49. The maximum atomic E-state index is 11.3. The van der Waals surface area contributed by atoms with Gasteiger partial charge in [0, 0.05) is 14.0 Å². The largest absolute Gasteiger partial charge is 0.464 e. The minimum atomic E-state index is -0.393. The quantitative estimate of drug-likeness (QED) is 0.651. The van der Waals surface area contributed by atoms with Gasteiger partial charge in [-0.3, -0.25) is 4.79 Å². The SMILES string of the molecule is CC(=O)OCCN(C)C(=O)OCC(C)C. The van der Waals surface area contributed by atoms with E-state index in [2.05, 4.69) is 0 Å². The molecule has 1 amide bonds. The number of carbonyl (C=O) groups excluding carboxylic acids is 2. The van der Waals surface area contributed by atoms with Crippen LogP contribution in [-0.4, -0.2) is 43.8 Å². The Hall–Kier alpha value is -1.26. The van der Waals surface area contributed by atoms with E-state index in [1.807, 2.05) is 13.8 Å². The molecule has 0 aliphatic heterocycles. The first-order valence-corrected chi connectivity index (χ1v) is 4.94. The first-order valence-electron chi connectivity index (χ1n) is 4.94. The van der Waals surface area contributed by atoms with Crippen molar-refractivity contribution in [2.24, 2.45) is 5.92 Å². The van der Waals surface area contributed by atoms with Crippen LogP contribution < -0.4 is 0 Å². The molecule has 0 radical (unpaired) electrons. The number of amides is 1. The Labute approximate surface area is 90.3 Å². The molecule has 0 aliphatic rings. The van der Waals surface area contributed by atoms with Gasteiger partial charge in [-0.1, -0.05) is 13.8 Å². The Morgan fingerprint density at radius 1 is 1.27 bits per heavy atom. The number of esters is 1. The Morgan fingerprint density at radius 3 is 2.33 bits per heavy atom. The van der Waals surface area contributed by atoms with E-state index in [9.17, 15) is 9.59 Å². The normalized spacial score (nSPS) is 9.93. The van der Waals surface area contributed by atoms with Crippen LogP contribution in [0.3, 0.4) is 0 Å². The van der Waals surface area contributed by atoms with Gasteiger partial charge in [0.1, 0.15) is 6.61 Å².